The number of aromatic nitrogens is 2. The molecule has 0 spiro atoms. The molecule has 2 heterocycles. The number of fused-ring (bicyclic) bond motifs is 1. The van der Waals surface area contributed by atoms with Gasteiger partial charge in [-0.2, -0.15) is 5.10 Å². The van der Waals surface area contributed by atoms with Gasteiger partial charge in [-0.3, -0.25) is 4.79 Å². The van der Waals surface area contributed by atoms with E-state index in [0.29, 0.717) is 11.3 Å². The summed E-state index contributed by atoms with van der Waals surface area (Å²) in [5.41, 5.74) is 8.46. The van der Waals surface area contributed by atoms with Crippen molar-refractivity contribution in [1.29, 1.82) is 0 Å². The summed E-state index contributed by atoms with van der Waals surface area (Å²) in [5.74, 6) is -0.266. The monoisotopic (exact) mass is 368 g/mol. The number of benzene rings is 2. The van der Waals surface area contributed by atoms with E-state index in [2.05, 4.69) is 15.5 Å². The number of para-hydroxylation sites is 1. The molecule has 1 amide bonds. The van der Waals surface area contributed by atoms with Gasteiger partial charge in [-0.15, -0.1) is 0 Å². The Balaban J connectivity index is 1.73. The number of carbonyl (C=O) groups is 1. The second-order valence-corrected chi connectivity index (χ2v) is 6.66. The number of hydrogen-bond acceptors (Lipinski definition) is 3. The first-order valence-electron chi connectivity index (χ1n) is 9.07. The van der Waals surface area contributed by atoms with Gasteiger partial charge in [0.05, 0.1) is 28.2 Å². The normalized spacial score (nSPS) is 11.6. The van der Waals surface area contributed by atoms with Crippen LogP contribution in [0.15, 0.2) is 78.0 Å². The largest absolute Gasteiger partial charge is 0.360 e. The Morgan fingerprint density at radius 3 is 2.57 bits per heavy atom. The molecule has 5 heteroatoms. The highest BCUT2D eigenvalue weighted by molar-refractivity contribution is 6.08. The topological polar surface area (TPSA) is 70.1 Å². The van der Waals surface area contributed by atoms with E-state index in [1.165, 1.54) is 5.56 Å². The lowest BCUT2D eigenvalue weighted by Crippen LogP contribution is -2.20. The molecule has 2 N–H and O–H groups in total. The number of carbonyl (C=O) groups excluding carboxylic acids is 1. The number of aryl methyl sites for hydroxylation is 1. The van der Waals surface area contributed by atoms with Crippen LogP contribution in [0.25, 0.3) is 22.2 Å². The number of nitrogens with one attached hydrogen (secondary N) is 2. The highest BCUT2D eigenvalue weighted by atomic mass is 16.2. The second-order valence-electron chi connectivity index (χ2n) is 6.66. The SMILES string of the molecule is C/C(=N\NC(=O)c1cc(-c2ccc(C)cc2)nc2ccccc12)c1ccc[nH]1. The number of pyridine rings is 1. The molecule has 5 nitrogen and oxygen atoms in total. The molecule has 4 rings (SSSR count). The fraction of sp³-hybridized carbons (Fsp3) is 0.0870. The lowest BCUT2D eigenvalue weighted by molar-refractivity contribution is 0.0956. The number of nitrogens with zero attached hydrogens (tertiary/aromatic N) is 2. The number of H-pyrrole nitrogens is 1. The van der Waals surface area contributed by atoms with Gasteiger partial charge in [0.25, 0.3) is 5.91 Å². The molecule has 0 saturated carbocycles. The maximum atomic E-state index is 12.9. The minimum atomic E-state index is -0.266. The Hall–Kier alpha value is -3.73. The van der Waals surface area contributed by atoms with Gasteiger partial charge >= 0.3 is 0 Å². The summed E-state index contributed by atoms with van der Waals surface area (Å²) in [6.45, 7) is 3.88. The standard InChI is InChI=1S/C23H20N4O/c1-15-9-11-17(12-10-15)22-14-19(18-6-3-4-7-21(18)25-22)23(28)27-26-16(2)20-8-5-13-24-20/h3-14,24H,1-2H3,(H,27,28)/b26-16+. The summed E-state index contributed by atoms with van der Waals surface area (Å²) in [6, 6.07) is 21.4. The maximum absolute atomic E-state index is 12.9. The fourth-order valence-electron chi connectivity index (χ4n) is 3.05. The van der Waals surface area contributed by atoms with Gasteiger partial charge in [0.2, 0.25) is 0 Å². The first-order chi connectivity index (χ1) is 13.6. The number of hydrazone groups is 1. The van der Waals surface area contributed by atoms with E-state index in [1.807, 2.05) is 86.8 Å². The maximum Gasteiger partial charge on any atom is 0.272 e. The van der Waals surface area contributed by atoms with Gasteiger partial charge in [-0.25, -0.2) is 10.4 Å². The number of hydrogen-bond donors (Lipinski definition) is 2. The number of amides is 1. The molecular weight excluding hydrogens is 348 g/mol. The molecule has 138 valence electrons. The Bertz CT molecular complexity index is 1160. The van der Waals surface area contributed by atoms with Gasteiger partial charge in [0.1, 0.15) is 0 Å². The first-order valence-corrected chi connectivity index (χ1v) is 9.07. The van der Waals surface area contributed by atoms with Crippen LogP contribution in [0.4, 0.5) is 0 Å². The van der Waals surface area contributed by atoms with Crippen LogP contribution in [-0.4, -0.2) is 21.6 Å². The van der Waals surface area contributed by atoms with Crippen molar-refractivity contribution < 1.29 is 4.79 Å². The zero-order chi connectivity index (χ0) is 19.5. The van der Waals surface area contributed by atoms with Gasteiger partial charge in [0.15, 0.2) is 0 Å². The third kappa shape index (κ3) is 3.55. The molecule has 28 heavy (non-hydrogen) atoms. The van der Waals surface area contributed by atoms with Crippen molar-refractivity contribution in [3.05, 3.63) is 89.7 Å². The Morgan fingerprint density at radius 2 is 1.82 bits per heavy atom. The molecular formula is C23H20N4O. The predicted molar refractivity (Wildman–Crippen MR) is 112 cm³/mol. The molecule has 0 fully saturated rings. The first kappa shape index (κ1) is 17.7. The van der Waals surface area contributed by atoms with Crippen LogP contribution in [0.5, 0.6) is 0 Å². The van der Waals surface area contributed by atoms with E-state index in [9.17, 15) is 4.79 Å². The molecule has 4 aromatic rings. The van der Waals surface area contributed by atoms with Crippen molar-refractivity contribution in [2.75, 3.05) is 0 Å². The van der Waals surface area contributed by atoms with Crippen molar-refractivity contribution in [2.24, 2.45) is 5.10 Å². The van der Waals surface area contributed by atoms with Crippen LogP contribution in [0.3, 0.4) is 0 Å². The molecule has 0 unspecified atom stereocenters. The van der Waals surface area contributed by atoms with Crippen LogP contribution >= 0.6 is 0 Å². The van der Waals surface area contributed by atoms with Crippen LogP contribution in [-0.2, 0) is 0 Å². The van der Waals surface area contributed by atoms with Crippen LogP contribution < -0.4 is 5.43 Å². The third-order valence-corrected chi connectivity index (χ3v) is 4.62. The van der Waals surface area contributed by atoms with Gasteiger partial charge in [0, 0.05) is 17.1 Å². The summed E-state index contributed by atoms with van der Waals surface area (Å²) in [7, 11) is 0. The van der Waals surface area contributed by atoms with Crippen molar-refractivity contribution >= 4 is 22.5 Å². The van der Waals surface area contributed by atoms with Crippen molar-refractivity contribution in [1.82, 2.24) is 15.4 Å². The third-order valence-electron chi connectivity index (χ3n) is 4.62. The van der Waals surface area contributed by atoms with E-state index < -0.39 is 0 Å². The van der Waals surface area contributed by atoms with E-state index in [0.717, 1.165) is 27.9 Å². The number of rotatable bonds is 4. The van der Waals surface area contributed by atoms with Crippen LogP contribution in [0.2, 0.25) is 0 Å². The quantitative estimate of drug-likeness (QED) is 0.405. The van der Waals surface area contributed by atoms with Gasteiger partial charge < -0.3 is 4.98 Å². The molecule has 0 bridgehead atoms. The Kier molecular flexibility index (Phi) is 4.72. The summed E-state index contributed by atoms with van der Waals surface area (Å²) in [5, 5.41) is 5.02. The zero-order valence-electron chi connectivity index (χ0n) is 15.7. The van der Waals surface area contributed by atoms with Crippen molar-refractivity contribution in [3.63, 3.8) is 0 Å². The minimum Gasteiger partial charge on any atom is -0.360 e. The molecule has 0 saturated heterocycles. The Morgan fingerprint density at radius 1 is 1.04 bits per heavy atom. The van der Waals surface area contributed by atoms with E-state index in [1.54, 1.807) is 0 Å². The van der Waals surface area contributed by atoms with Crippen LogP contribution in [0.1, 0.15) is 28.5 Å². The van der Waals surface area contributed by atoms with Crippen molar-refractivity contribution in [3.8, 4) is 11.3 Å². The van der Waals surface area contributed by atoms with Gasteiger partial charge in [-0.05, 0) is 38.1 Å². The summed E-state index contributed by atoms with van der Waals surface area (Å²) >= 11 is 0. The molecule has 0 radical (unpaired) electrons. The second kappa shape index (κ2) is 7.48. The smallest absolute Gasteiger partial charge is 0.272 e. The van der Waals surface area contributed by atoms with Crippen LogP contribution in [0, 0.1) is 6.92 Å². The Labute approximate surface area is 163 Å². The van der Waals surface area contributed by atoms with E-state index in [4.69, 9.17) is 4.98 Å². The predicted octanol–water partition coefficient (Wildman–Crippen LogP) is 4.69. The average Bonchev–Trinajstić information content (AvgIpc) is 3.26. The summed E-state index contributed by atoms with van der Waals surface area (Å²) < 4.78 is 0. The lowest BCUT2D eigenvalue weighted by Gasteiger charge is -2.09. The minimum absolute atomic E-state index is 0.266. The fourth-order valence-corrected chi connectivity index (χ4v) is 3.05. The highest BCUT2D eigenvalue weighted by Crippen LogP contribution is 2.25. The van der Waals surface area contributed by atoms with Crippen molar-refractivity contribution in [2.45, 2.75) is 13.8 Å². The summed E-state index contributed by atoms with van der Waals surface area (Å²) in [6.07, 6.45) is 1.82. The molecule has 0 aliphatic heterocycles. The molecule has 2 aromatic heterocycles. The average molecular weight is 368 g/mol. The van der Waals surface area contributed by atoms with E-state index >= 15 is 0 Å². The zero-order valence-corrected chi connectivity index (χ0v) is 15.7. The molecule has 0 aliphatic rings. The molecule has 0 atom stereocenters. The van der Waals surface area contributed by atoms with Gasteiger partial charge in [-0.1, -0.05) is 48.0 Å². The van der Waals surface area contributed by atoms with E-state index in [-0.39, 0.29) is 5.91 Å². The lowest BCUT2D eigenvalue weighted by atomic mass is 10.0. The number of aromatic amines is 1. The molecule has 0 aliphatic carbocycles. The summed E-state index contributed by atoms with van der Waals surface area (Å²) in [4.78, 5) is 20.7. The molecule has 2 aromatic carbocycles. The highest BCUT2D eigenvalue weighted by Gasteiger charge is 2.14.